The van der Waals surface area contributed by atoms with Gasteiger partial charge in [0.25, 0.3) is 0 Å². The average Bonchev–Trinajstić information content (AvgIpc) is 2.71. The van der Waals surface area contributed by atoms with Gasteiger partial charge in [-0.05, 0) is 37.1 Å². The van der Waals surface area contributed by atoms with E-state index in [2.05, 4.69) is 18.2 Å². The first-order valence-corrected chi connectivity index (χ1v) is 6.14. The van der Waals surface area contributed by atoms with Crippen molar-refractivity contribution in [2.75, 3.05) is 11.5 Å². The molecule has 0 unspecified atom stereocenters. The van der Waals surface area contributed by atoms with Gasteiger partial charge in [-0.2, -0.15) is 5.26 Å². The predicted molar refractivity (Wildman–Crippen MR) is 55.8 cm³/mol. The zero-order valence-corrected chi connectivity index (χ0v) is 8.31. The zero-order valence-electron chi connectivity index (χ0n) is 7.49. The van der Waals surface area contributed by atoms with E-state index in [1.54, 1.807) is 0 Å². The molecule has 0 atom stereocenters. The summed E-state index contributed by atoms with van der Waals surface area (Å²) >= 11 is 0. The number of benzene rings is 1. The molecule has 1 aliphatic heterocycles. The Morgan fingerprint density at radius 1 is 1.08 bits per heavy atom. The number of nitriles is 1. The van der Waals surface area contributed by atoms with Crippen molar-refractivity contribution >= 4 is 10.9 Å². The highest BCUT2D eigenvalue weighted by Crippen LogP contribution is 2.22. The minimum absolute atomic E-state index is 0.490. The second kappa shape index (κ2) is 3.85. The van der Waals surface area contributed by atoms with Crippen LogP contribution in [-0.2, 0) is 10.9 Å². The molecule has 1 aliphatic rings. The molecular formula is C11H12NS+. The van der Waals surface area contributed by atoms with Crippen LogP contribution in [-0.4, -0.2) is 11.5 Å². The summed E-state index contributed by atoms with van der Waals surface area (Å²) in [7, 11) is 0.490. The molecule has 1 saturated heterocycles. The smallest absolute Gasteiger partial charge is 0.154 e. The van der Waals surface area contributed by atoms with E-state index in [0.717, 1.165) is 5.56 Å². The second-order valence-corrected chi connectivity index (χ2v) is 5.52. The summed E-state index contributed by atoms with van der Waals surface area (Å²) in [6.07, 6.45) is 2.76. The summed E-state index contributed by atoms with van der Waals surface area (Å²) < 4.78 is 0. The van der Waals surface area contributed by atoms with Crippen LogP contribution in [0, 0.1) is 11.3 Å². The third-order valence-electron chi connectivity index (χ3n) is 2.35. The van der Waals surface area contributed by atoms with Crippen molar-refractivity contribution in [2.24, 2.45) is 0 Å². The lowest BCUT2D eigenvalue weighted by Gasteiger charge is -1.98. The SMILES string of the molecule is N#Cc1ccc([S+]2CCCC2)cc1. The highest BCUT2D eigenvalue weighted by molar-refractivity contribution is 7.97. The van der Waals surface area contributed by atoms with Crippen LogP contribution in [0.2, 0.25) is 0 Å². The highest BCUT2D eigenvalue weighted by atomic mass is 32.2. The van der Waals surface area contributed by atoms with E-state index < -0.39 is 0 Å². The molecule has 0 spiro atoms. The first-order chi connectivity index (χ1) is 6.40. The van der Waals surface area contributed by atoms with E-state index in [9.17, 15) is 0 Å². The van der Waals surface area contributed by atoms with Gasteiger partial charge in [-0.25, -0.2) is 0 Å². The highest BCUT2D eigenvalue weighted by Gasteiger charge is 2.26. The Labute approximate surface area is 81.7 Å². The minimum Gasteiger partial charge on any atom is -0.192 e. The van der Waals surface area contributed by atoms with Gasteiger partial charge in [-0.1, -0.05) is 0 Å². The molecular weight excluding hydrogens is 178 g/mol. The van der Waals surface area contributed by atoms with Gasteiger partial charge in [0.1, 0.15) is 11.5 Å². The van der Waals surface area contributed by atoms with Gasteiger partial charge in [0.15, 0.2) is 4.90 Å². The topological polar surface area (TPSA) is 23.8 Å². The van der Waals surface area contributed by atoms with Crippen molar-refractivity contribution in [3.63, 3.8) is 0 Å². The Hall–Kier alpha value is -0.940. The molecule has 1 fully saturated rings. The molecule has 0 bridgehead atoms. The third-order valence-corrected chi connectivity index (χ3v) is 4.85. The van der Waals surface area contributed by atoms with Crippen LogP contribution in [0.4, 0.5) is 0 Å². The number of nitrogens with zero attached hydrogens (tertiary/aromatic N) is 1. The molecule has 2 rings (SSSR count). The van der Waals surface area contributed by atoms with Gasteiger partial charge in [0.2, 0.25) is 0 Å². The van der Waals surface area contributed by atoms with Crippen molar-refractivity contribution in [3.05, 3.63) is 29.8 Å². The van der Waals surface area contributed by atoms with Gasteiger partial charge in [0, 0.05) is 10.9 Å². The van der Waals surface area contributed by atoms with Crippen LogP contribution in [0.3, 0.4) is 0 Å². The van der Waals surface area contributed by atoms with Crippen molar-refractivity contribution in [2.45, 2.75) is 17.7 Å². The molecule has 1 heterocycles. The number of hydrogen-bond acceptors (Lipinski definition) is 1. The molecule has 0 saturated carbocycles. The molecule has 0 N–H and O–H groups in total. The Morgan fingerprint density at radius 2 is 1.69 bits per heavy atom. The maximum absolute atomic E-state index is 8.65. The largest absolute Gasteiger partial charge is 0.192 e. The van der Waals surface area contributed by atoms with Gasteiger partial charge >= 0.3 is 0 Å². The minimum atomic E-state index is 0.490. The summed E-state index contributed by atoms with van der Waals surface area (Å²) in [5.41, 5.74) is 0.770. The molecule has 13 heavy (non-hydrogen) atoms. The molecule has 0 amide bonds. The second-order valence-electron chi connectivity index (χ2n) is 3.24. The molecule has 0 aromatic heterocycles. The zero-order chi connectivity index (χ0) is 9.10. The maximum atomic E-state index is 8.65. The van der Waals surface area contributed by atoms with Crippen LogP contribution < -0.4 is 0 Å². The number of rotatable bonds is 1. The van der Waals surface area contributed by atoms with Crippen LogP contribution in [0.25, 0.3) is 0 Å². The summed E-state index contributed by atoms with van der Waals surface area (Å²) in [5.74, 6) is 2.71. The van der Waals surface area contributed by atoms with Crippen molar-refractivity contribution in [1.82, 2.24) is 0 Å². The monoisotopic (exact) mass is 190 g/mol. The Balaban J connectivity index is 2.18. The Morgan fingerprint density at radius 3 is 2.23 bits per heavy atom. The number of hydrogen-bond donors (Lipinski definition) is 0. The van der Waals surface area contributed by atoms with Gasteiger partial charge in [0.05, 0.1) is 11.6 Å². The van der Waals surface area contributed by atoms with E-state index in [0.29, 0.717) is 10.9 Å². The van der Waals surface area contributed by atoms with Gasteiger partial charge in [-0.15, -0.1) is 0 Å². The van der Waals surface area contributed by atoms with Crippen molar-refractivity contribution in [1.29, 1.82) is 5.26 Å². The molecule has 2 heteroatoms. The fraction of sp³-hybridized carbons (Fsp3) is 0.364. The summed E-state index contributed by atoms with van der Waals surface area (Å²) in [6.45, 7) is 0. The molecule has 0 radical (unpaired) electrons. The normalized spacial score (nSPS) is 17.2. The standard InChI is InChI=1S/C11H12NS/c12-9-10-3-5-11(6-4-10)13-7-1-2-8-13/h3-6H,1-2,7-8H2/q+1. The van der Waals surface area contributed by atoms with Gasteiger partial charge < -0.3 is 0 Å². The lowest BCUT2D eigenvalue weighted by Crippen LogP contribution is -2.03. The summed E-state index contributed by atoms with van der Waals surface area (Å²) in [5, 5.41) is 8.65. The molecule has 1 aromatic carbocycles. The summed E-state index contributed by atoms with van der Waals surface area (Å²) in [4.78, 5) is 1.44. The van der Waals surface area contributed by atoms with E-state index in [1.165, 1.54) is 29.2 Å². The predicted octanol–water partition coefficient (Wildman–Crippen LogP) is 2.33. The molecule has 66 valence electrons. The van der Waals surface area contributed by atoms with Crippen molar-refractivity contribution < 1.29 is 0 Å². The molecule has 1 nitrogen and oxygen atoms in total. The Bertz CT molecular complexity index is 317. The fourth-order valence-corrected chi connectivity index (χ4v) is 3.91. The Kier molecular flexibility index (Phi) is 2.56. The third kappa shape index (κ3) is 1.87. The summed E-state index contributed by atoms with van der Waals surface area (Å²) in [6, 6.07) is 10.2. The first-order valence-electron chi connectivity index (χ1n) is 4.58. The van der Waals surface area contributed by atoms with Crippen molar-refractivity contribution in [3.8, 4) is 6.07 Å². The quantitative estimate of drug-likeness (QED) is 0.623. The molecule has 0 aliphatic carbocycles. The lowest BCUT2D eigenvalue weighted by atomic mass is 10.2. The van der Waals surface area contributed by atoms with E-state index >= 15 is 0 Å². The fourth-order valence-electron chi connectivity index (χ4n) is 1.61. The van der Waals surface area contributed by atoms with Crippen LogP contribution in [0.5, 0.6) is 0 Å². The first kappa shape index (κ1) is 8.65. The van der Waals surface area contributed by atoms with Crippen LogP contribution in [0.15, 0.2) is 29.2 Å². The van der Waals surface area contributed by atoms with Crippen LogP contribution in [0.1, 0.15) is 18.4 Å². The average molecular weight is 190 g/mol. The van der Waals surface area contributed by atoms with Crippen LogP contribution >= 0.6 is 0 Å². The lowest BCUT2D eigenvalue weighted by molar-refractivity contribution is 0.949. The van der Waals surface area contributed by atoms with E-state index in [-0.39, 0.29) is 0 Å². The maximum Gasteiger partial charge on any atom is 0.154 e. The molecule has 1 aromatic rings. The van der Waals surface area contributed by atoms with E-state index in [4.69, 9.17) is 5.26 Å². The van der Waals surface area contributed by atoms with Gasteiger partial charge in [-0.3, -0.25) is 0 Å². The van der Waals surface area contributed by atoms with E-state index in [1.807, 2.05) is 12.1 Å².